The highest BCUT2D eigenvalue weighted by atomic mass is 16.5. The van der Waals surface area contributed by atoms with Crippen LogP contribution in [0.4, 0.5) is 5.69 Å². The molecule has 28 heavy (non-hydrogen) atoms. The van der Waals surface area contributed by atoms with E-state index in [4.69, 9.17) is 10.5 Å². The number of aryl methyl sites for hydroxylation is 1. The maximum atomic E-state index is 12.5. The molecule has 1 aliphatic rings. The second-order valence-electron chi connectivity index (χ2n) is 7.36. The molecule has 1 fully saturated rings. The summed E-state index contributed by atoms with van der Waals surface area (Å²) >= 11 is 0. The standard InChI is InChI=1S/C23H31N3O2/c1-28-22-12-6-4-10-19(22)21(26-15-7-2-8-16-26)17-25-23(27)14-13-18-9-3-5-11-20(18)24/h3-6,9-12,21H,2,7-8,13-17,24H2,1H3,(H,25,27). The van der Waals surface area contributed by atoms with Gasteiger partial charge in [0.2, 0.25) is 5.91 Å². The minimum Gasteiger partial charge on any atom is -0.496 e. The number of benzene rings is 2. The molecule has 0 bridgehead atoms. The van der Waals surface area contributed by atoms with Crippen molar-refractivity contribution in [3.63, 3.8) is 0 Å². The van der Waals surface area contributed by atoms with Crippen LogP contribution < -0.4 is 15.8 Å². The van der Waals surface area contributed by atoms with Crippen molar-refractivity contribution in [1.82, 2.24) is 10.2 Å². The molecule has 1 saturated heterocycles. The van der Waals surface area contributed by atoms with Gasteiger partial charge < -0.3 is 15.8 Å². The summed E-state index contributed by atoms with van der Waals surface area (Å²) in [4.78, 5) is 15.0. The Labute approximate surface area is 167 Å². The van der Waals surface area contributed by atoms with Crippen LogP contribution >= 0.6 is 0 Å². The summed E-state index contributed by atoms with van der Waals surface area (Å²) in [5, 5.41) is 3.14. The van der Waals surface area contributed by atoms with E-state index in [2.05, 4.69) is 16.3 Å². The number of piperidine rings is 1. The van der Waals surface area contributed by atoms with Crippen molar-refractivity contribution >= 4 is 11.6 Å². The number of nitrogens with zero attached hydrogens (tertiary/aromatic N) is 1. The Morgan fingerprint density at radius 3 is 2.57 bits per heavy atom. The Morgan fingerprint density at radius 1 is 1.11 bits per heavy atom. The molecule has 0 aliphatic carbocycles. The molecule has 150 valence electrons. The summed E-state index contributed by atoms with van der Waals surface area (Å²) in [7, 11) is 1.70. The monoisotopic (exact) mass is 381 g/mol. The van der Waals surface area contributed by atoms with Crippen LogP contribution in [0.15, 0.2) is 48.5 Å². The minimum atomic E-state index is 0.0557. The first kappa shape index (κ1) is 20.2. The number of nitrogens with two attached hydrogens (primary N) is 1. The van der Waals surface area contributed by atoms with Crippen molar-refractivity contribution in [2.24, 2.45) is 0 Å². The van der Waals surface area contributed by atoms with Gasteiger partial charge in [0, 0.05) is 24.2 Å². The number of anilines is 1. The highest BCUT2D eigenvalue weighted by Gasteiger charge is 2.25. The van der Waals surface area contributed by atoms with Gasteiger partial charge in [-0.15, -0.1) is 0 Å². The zero-order chi connectivity index (χ0) is 19.8. The second kappa shape index (κ2) is 10.1. The second-order valence-corrected chi connectivity index (χ2v) is 7.36. The number of amides is 1. The summed E-state index contributed by atoms with van der Waals surface area (Å²) < 4.78 is 5.59. The number of rotatable bonds is 8. The van der Waals surface area contributed by atoms with Crippen molar-refractivity contribution in [3.05, 3.63) is 59.7 Å². The lowest BCUT2D eigenvalue weighted by atomic mass is 10.0. The zero-order valence-corrected chi connectivity index (χ0v) is 16.7. The first-order valence-electron chi connectivity index (χ1n) is 10.2. The average Bonchev–Trinajstić information content (AvgIpc) is 2.74. The summed E-state index contributed by atoms with van der Waals surface area (Å²) in [6.07, 6.45) is 4.77. The predicted octanol–water partition coefficient (Wildman–Crippen LogP) is 3.55. The Kier molecular flexibility index (Phi) is 7.31. The molecular weight excluding hydrogens is 350 g/mol. The molecule has 0 radical (unpaired) electrons. The number of hydrogen-bond acceptors (Lipinski definition) is 4. The molecule has 2 aromatic carbocycles. The molecule has 1 heterocycles. The Hall–Kier alpha value is -2.53. The van der Waals surface area contributed by atoms with E-state index >= 15 is 0 Å². The molecule has 3 N–H and O–H groups in total. The van der Waals surface area contributed by atoms with Gasteiger partial charge in [0.25, 0.3) is 0 Å². The van der Waals surface area contributed by atoms with Crippen LogP contribution in [0.1, 0.15) is 42.9 Å². The van der Waals surface area contributed by atoms with Gasteiger partial charge in [-0.1, -0.05) is 42.8 Å². The highest BCUT2D eigenvalue weighted by Crippen LogP contribution is 2.30. The highest BCUT2D eigenvalue weighted by molar-refractivity contribution is 5.76. The molecule has 1 unspecified atom stereocenters. The van der Waals surface area contributed by atoms with Crippen LogP contribution in [-0.2, 0) is 11.2 Å². The van der Waals surface area contributed by atoms with Gasteiger partial charge in [-0.25, -0.2) is 0 Å². The van der Waals surface area contributed by atoms with Gasteiger partial charge in [-0.3, -0.25) is 9.69 Å². The average molecular weight is 382 g/mol. The van der Waals surface area contributed by atoms with Crippen LogP contribution in [0.5, 0.6) is 5.75 Å². The Morgan fingerprint density at radius 2 is 1.82 bits per heavy atom. The van der Waals surface area contributed by atoms with Gasteiger partial charge >= 0.3 is 0 Å². The molecule has 0 saturated carbocycles. The molecule has 0 aromatic heterocycles. The largest absolute Gasteiger partial charge is 0.496 e. The Bertz CT molecular complexity index is 772. The van der Waals surface area contributed by atoms with E-state index < -0.39 is 0 Å². The summed E-state index contributed by atoms with van der Waals surface area (Å²) in [5.74, 6) is 0.935. The van der Waals surface area contributed by atoms with E-state index in [0.29, 0.717) is 19.4 Å². The van der Waals surface area contributed by atoms with Gasteiger partial charge in [0.15, 0.2) is 0 Å². The molecule has 0 spiro atoms. The topological polar surface area (TPSA) is 67.6 Å². The molecule has 2 aromatic rings. The van der Waals surface area contributed by atoms with Crippen molar-refractivity contribution in [1.29, 1.82) is 0 Å². The lowest BCUT2D eigenvalue weighted by Gasteiger charge is -2.35. The van der Waals surface area contributed by atoms with E-state index in [-0.39, 0.29) is 11.9 Å². The number of nitrogen functional groups attached to an aromatic ring is 1. The van der Waals surface area contributed by atoms with Crippen LogP contribution in [0, 0.1) is 0 Å². The van der Waals surface area contributed by atoms with Crippen LogP contribution in [-0.4, -0.2) is 37.6 Å². The fourth-order valence-electron chi connectivity index (χ4n) is 3.92. The summed E-state index contributed by atoms with van der Waals surface area (Å²) in [6, 6.07) is 16.0. The van der Waals surface area contributed by atoms with Crippen molar-refractivity contribution < 1.29 is 9.53 Å². The van der Waals surface area contributed by atoms with E-state index in [9.17, 15) is 4.79 Å². The fraction of sp³-hybridized carbons (Fsp3) is 0.435. The molecule has 1 aliphatic heterocycles. The first-order valence-corrected chi connectivity index (χ1v) is 10.2. The molecule has 1 atom stereocenters. The minimum absolute atomic E-state index is 0.0557. The third-order valence-corrected chi connectivity index (χ3v) is 5.50. The van der Waals surface area contributed by atoms with E-state index in [1.54, 1.807) is 7.11 Å². The lowest BCUT2D eigenvalue weighted by Crippen LogP contribution is -2.40. The van der Waals surface area contributed by atoms with Gasteiger partial charge in [-0.05, 0) is 50.0 Å². The first-order chi connectivity index (χ1) is 13.7. The zero-order valence-electron chi connectivity index (χ0n) is 16.7. The number of nitrogens with one attached hydrogen (secondary N) is 1. The van der Waals surface area contributed by atoms with Crippen molar-refractivity contribution in [2.45, 2.75) is 38.1 Å². The molecule has 5 heteroatoms. The molecular formula is C23H31N3O2. The maximum Gasteiger partial charge on any atom is 0.220 e. The van der Waals surface area contributed by atoms with E-state index in [1.165, 1.54) is 19.3 Å². The number of para-hydroxylation sites is 2. The van der Waals surface area contributed by atoms with Crippen molar-refractivity contribution in [2.75, 3.05) is 32.5 Å². The number of ether oxygens (including phenoxy) is 1. The quantitative estimate of drug-likeness (QED) is 0.686. The summed E-state index contributed by atoms with van der Waals surface area (Å²) in [5.41, 5.74) is 8.89. The van der Waals surface area contributed by atoms with E-state index in [1.807, 2.05) is 42.5 Å². The van der Waals surface area contributed by atoms with Crippen molar-refractivity contribution in [3.8, 4) is 5.75 Å². The predicted molar refractivity (Wildman–Crippen MR) is 113 cm³/mol. The third-order valence-electron chi connectivity index (χ3n) is 5.50. The third kappa shape index (κ3) is 5.26. The van der Waals surface area contributed by atoms with Gasteiger partial charge in [0.1, 0.15) is 5.75 Å². The van der Waals surface area contributed by atoms with Crippen LogP contribution in [0.2, 0.25) is 0 Å². The fourth-order valence-corrected chi connectivity index (χ4v) is 3.92. The smallest absolute Gasteiger partial charge is 0.220 e. The normalized spacial score (nSPS) is 15.8. The number of carbonyl (C=O) groups excluding carboxylic acids is 1. The summed E-state index contributed by atoms with van der Waals surface area (Å²) in [6.45, 7) is 2.70. The number of methoxy groups -OCH3 is 1. The van der Waals surface area contributed by atoms with Crippen LogP contribution in [0.25, 0.3) is 0 Å². The Balaban J connectivity index is 1.64. The molecule has 3 rings (SSSR count). The van der Waals surface area contributed by atoms with E-state index in [0.717, 1.165) is 35.7 Å². The molecule has 1 amide bonds. The number of hydrogen-bond donors (Lipinski definition) is 2. The lowest BCUT2D eigenvalue weighted by molar-refractivity contribution is -0.121. The van der Waals surface area contributed by atoms with Gasteiger partial charge in [-0.2, -0.15) is 0 Å². The van der Waals surface area contributed by atoms with Gasteiger partial charge in [0.05, 0.1) is 13.2 Å². The number of carbonyl (C=O) groups is 1. The SMILES string of the molecule is COc1ccccc1C(CNC(=O)CCc1ccccc1N)N1CCCCC1. The number of likely N-dealkylation sites (tertiary alicyclic amines) is 1. The van der Waals surface area contributed by atoms with Crippen LogP contribution in [0.3, 0.4) is 0 Å². The maximum absolute atomic E-state index is 12.5. The molecule has 5 nitrogen and oxygen atoms in total.